The molecule has 0 atom stereocenters. The van der Waals surface area contributed by atoms with Gasteiger partial charge < -0.3 is 23.8 Å². The standard InChI is InChI=1S/C36H49NO9S2/c1-10-11-22-47(40,41)46-48(30-20-18-27(19-21-30)37(8)9,31-16-12-14-28(23-31)42-25-33(38)44-35(2,3)4)32-17-13-15-29(24-32)43-26-34(39)45-36(5,6)7/h12-21,23-24H,10-11,22,25-26H2,1-9H3. The first-order valence-electron chi connectivity index (χ1n) is 15.8. The molecule has 0 aromatic heterocycles. The molecule has 0 heterocycles. The van der Waals surface area contributed by atoms with Gasteiger partial charge in [0, 0.05) is 34.5 Å². The molecule has 0 radical (unpaired) electrons. The Bertz CT molecular complexity index is 1570. The summed E-state index contributed by atoms with van der Waals surface area (Å²) in [5.41, 5.74) is -0.459. The van der Waals surface area contributed by atoms with E-state index < -0.39 is 43.6 Å². The van der Waals surface area contributed by atoms with Gasteiger partial charge >= 0.3 is 11.9 Å². The van der Waals surface area contributed by atoms with E-state index in [1.807, 2.05) is 50.2 Å². The number of nitrogens with zero attached hydrogens (tertiary/aromatic N) is 1. The number of unbranched alkanes of at least 4 members (excludes halogenated alkanes) is 1. The lowest BCUT2D eigenvalue weighted by Crippen LogP contribution is -2.27. The van der Waals surface area contributed by atoms with Crippen LogP contribution in [0.15, 0.2) is 87.5 Å². The first-order chi connectivity index (χ1) is 22.3. The molecule has 0 aliphatic carbocycles. The van der Waals surface area contributed by atoms with Gasteiger partial charge in [0.1, 0.15) is 22.7 Å². The molecule has 12 heteroatoms. The van der Waals surface area contributed by atoms with Crippen molar-refractivity contribution < 1.29 is 40.6 Å². The molecule has 0 unspecified atom stereocenters. The van der Waals surface area contributed by atoms with Crippen molar-refractivity contribution in [3.8, 4) is 11.5 Å². The van der Waals surface area contributed by atoms with Crippen LogP contribution < -0.4 is 14.4 Å². The number of esters is 2. The fourth-order valence-electron chi connectivity index (χ4n) is 4.48. The van der Waals surface area contributed by atoms with Crippen molar-refractivity contribution in [1.29, 1.82) is 0 Å². The predicted molar refractivity (Wildman–Crippen MR) is 189 cm³/mol. The number of anilines is 1. The van der Waals surface area contributed by atoms with Gasteiger partial charge in [0.15, 0.2) is 13.2 Å². The summed E-state index contributed by atoms with van der Waals surface area (Å²) in [6.07, 6.45) is 1.07. The molecular formula is C36H49NO9S2. The number of ether oxygens (including phenoxy) is 4. The summed E-state index contributed by atoms with van der Waals surface area (Å²) in [6.45, 7) is 11.8. The van der Waals surface area contributed by atoms with Gasteiger partial charge in [0.05, 0.1) is 5.75 Å². The van der Waals surface area contributed by atoms with E-state index in [0.29, 0.717) is 39.0 Å². The maximum absolute atomic E-state index is 13.8. The molecule has 0 bridgehead atoms. The van der Waals surface area contributed by atoms with Gasteiger partial charge in [-0.2, -0.15) is 8.42 Å². The van der Waals surface area contributed by atoms with Crippen LogP contribution in [0.3, 0.4) is 0 Å². The molecule has 3 rings (SSSR count). The Morgan fingerprint density at radius 1 is 0.688 bits per heavy atom. The third-order valence-electron chi connectivity index (χ3n) is 6.47. The van der Waals surface area contributed by atoms with Crippen LogP contribution in [0.4, 0.5) is 5.69 Å². The molecule has 10 nitrogen and oxygen atoms in total. The summed E-state index contributed by atoms with van der Waals surface area (Å²) in [6, 6.07) is 21.2. The summed E-state index contributed by atoms with van der Waals surface area (Å²) in [4.78, 5) is 28.5. The lowest BCUT2D eigenvalue weighted by atomic mass is 10.2. The van der Waals surface area contributed by atoms with Crippen LogP contribution in [0.2, 0.25) is 0 Å². The van der Waals surface area contributed by atoms with Crippen LogP contribution in [-0.2, 0) is 32.8 Å². The molecule has 0 aliphatic rings. The zero-order valence-electron chi connectivity index (χ0n) is 29.4. The van der Waals surface area contributed by atoms with E-state index in [1.165, 1.54) is 0 Å². The van der Waals surface area contributed by atoms with Crippen molar-refractivity contribution in [2.45, 2.75) is 87.2 Å². The zero-order valence-corrected chi connectivity index (χ0v) is 31.0. The molecule has 0 N–H and O–H groups in total. The molecular weight excluding hydrogens is 655 g/mol. The SMILES string of the molecule is CCCCS(=O)(=O)OS(c1ccc(N(C)C)cc1)(c1cccc(OCC(=O)OC(C)(C)C)c1)c1cccc(OCC(=O)OC(C)(C)C)c1. The average Bonchev–Trinajstić information content (AvgIpc) is 2.99. The number of carbonyl (C=O) groups excluding carboxylic acids is 2. The monoisotopic (exact) mass is 703 g/mol. The van der Waals surface area contributed by atoms with Crippen molar-refractivity contribution in [2.24, 2.45) is 0 Å². The van der Waals surface area contributed by atoms with Crippen molar-refractivity contribution >= 4 is 38.1 Å². The van der Waals surface area contributed by atoms with Crippen LogP contribution >= 0.6 is 10.3 Å². The molecule has 0 amide bonds. The molecule has 0 fully saturated rings. The van der Waals surface area contributed by atoms with Crippen LogP contribution in [0.25, 0.3) is 0 Å². The Hall–Kier alpha value is -3.74. The Morgan fingerprint density at radius 2 is 1.15 bits per heavy atom. The van der Waals surface area contributed by atoms with E-state index in [4.69, 9.17) is 22.6 Å². The minimum absolute atomic E-state index is 0.183. The summed E-state index contributed by atoms with van der Waals surface area (Å²) >= 11 is 0. The van der Waals surface area contributed by atoms with Crippen LogP contribution in [-0.4, -0.2) is 64.6 Å². The highest BCUT2D eigenvalue weighted by Crippen LogP contribution is 2.70. The van der Waals surface area contributed by atoms with Crippen molar-refractivity contribution in [3.63, 3.8) is 0 Å². The molecule has 0 spiro atoms. The van der Waals surface area contributed by atoms with Crippen LogP contribution in [0.5, 0.6) is 11.5 Å². The molecule has 3 aromatic rings. The third-order valence-corrected chi connectivity index (χ3v) is 11.7. The quantitative estimate of drug-likeness (QED) is 0.147. The second-order valence-electron chi connectivity index (χ2n) is 13.3. The molecule has 0 saturated heterocycles. The second kappa shape index (κ2) is 16.1. The highest BCUT2D eigenvalue weighted by atomic mass is 32.3. The molecule has 0 saturated carbocycles. The van der Waals surface area contributed by atoms with E-state index in [2.05, 4.69) is 0 Å². The van der Waals surface area contributed by atoms with Gasteiger partial charge in [-0.3, -0.25) is 0 Å². The van der Waals surface area contributed by atoms with Crippen LogP contribution in [0, 0.1) is 0 Å². The van der Waals surface area contributed by atoms with E-state index in [9.17, 15) is 18.0 Å². The van der Waals surface area contributed by atoms with E-state index in [-0.39, 0.29) is 19.0 Å². The molecule has 48 heavy (non-hydrogen) atoms. The summed E-state index contributed by atoms with van der Waals surface area (Å²) in [7, 11) is -3.31. The van der Waals surface area contributed by atoms with Gasteiger partial charge in [-0.25, -0.2) is 13.2 Å². The van der Waals surface area contributed by atoms with Gasteiger partial charge in [0.2, 0.25) is 0 Å². The van der Waals surface area contributed by atoms with Crippen molar-refractivity contribution in [2.75, 3.05) is 38.0 Å². The fraction of sp³-hybridized carbons (Fsp3) is 0.444. The lowest BCUT2D eigenvalue weighted by molar-refractivity contribution is -0.158. The van der Waals surface area contributed by atoms with E-state index in [1.54, 1.807) is 90.1 Å². The normalized spacial score (nSPS) is 12.6. The smallest absolute Gasteiger partial charge is 0.344 e. The molecule has 0 aliphatic heterocycles. The number of hydrogen-bond acceptors (Lipinski definition) is 10. The Labute approximate surface area is 287 Å². The minimum atomic E-state index is -4.09. The van der Waals surface area contributed by atoms with Gasteiger partial charge in [-0.15, -0.1) is 0 Å². The first-order valence-corrected chi connectivity index (χ1v) is 18.9. The maximum Gasteiger partial charge on any atom is 0.344 e. The Kier molecular flexibility index (Phi) is 13.0. The Balaban J connectivity index is 2.22. The van der Waals surface area contributed by atoms with Crippen LogP contribution in [0.1, 0.15) is 61.3 Å². The summed E-state index contributed by atoms with van der Waals surface area (Å²) in [5.74, 6) is -0.616. The number of carbonyl (C=O) groups is 2. The van der Waals surface area contributed by atoms with E-state index in [0.717, 1.165) is 5.69 Å². The highest BCUT2D eigenvalue weighted by molar-refractivity contribution is 8.33. The molecule has 3 aromatic carbocycles. The summed E-state index contributed by atoms with van der Waals surface area (Å²) < 4.78 is 56.5. The number of hydrogen-bond donors (Lipinski definition) is 0. The topological polar surface area (TPSA) is 118 Å². The second-order valence-corrected chi connectivity index (χ2v) is 17.9. The zero-order chi connectivity index (χ0) is 35.8. The van der Waals surface area contributed by atoms with Gasteiger partial charge in [0.25, 0.3) is 10.1 Å². The minimum Gasteiger partial charge on any atom is -0.482 e. The maximum atomic E-state index is 13.8. The summed E-state index contributed by atoms with van der Waals surface area (Å²) in [5, 5.41) is 0. The highest BCUT2D eigenvalue weighted by Gasteiger charge is 2.38. The van der Waals surface area contributed by atoms with Crippen molar-refractivity contribution in [1.82, 2.24) is 0 Å². The van der Waals surface area contributed by atoms with Gasteiger partial charge in [-0.1, -0.05) is 25.5 Å². The predicted octanol–water partition coefficient (Wildman–Crippen LogP) is 7.54. The number of benzene rings is 3. The van der Waals surface area contributed by atoms with E-state index >= 15 is 0 Å². The van der Waals surface area contributed by atoms with Crippen molar-refractivity contribution in [3.05, 3.63) is 72.8 Å². The first kappa shape index (κ1) is 38.7. The van der Waals surface area contributed by atoms with Gasteiger partial charge in [-0.05, 0) is 119 Å². The largest absolute Gasteiger partial charge is 0.482 e. The lowest BCUT2D eigenvalue weighted by Gasteiger charge is -2.39. The Morgan fingerprint density at radius 3 is 1.54 bits per heavy atom. The third kappa shape index (κ3) is 11.5. The fourth-order valence-corrected chi connectivity index (χ4v) is 10.0. The average molecular weight is 704 g/mol. The molecule has 264 valence electrons. The number of rotatable bonds is 15.